The first-order valence-corrected chi connectivity index (χ1v) is 4.32. The third kappa shape index (κ3) is 7.34. The fourth-order valence-corrected chi connectivity index (χ4v) is 0.595. The van der Waals surface area contributed by atoms with Crippen LogP contribution in [-0.2, 0) is 15.1 Å². The Kier molecular flexibility index (Phi) is 4.12. The van der Waals surface area contributed by atoms with Crippen molar-refractivity contribution >= 4 is 28.1 Å². The quantitative estimate of drug-likeness (QED) is 0.527. The van der Waals surface area contributed by atoms with E-state index in [1.807, 2.05) is 0 Å². The van der Waals surface area contributed by atoms with Crippen LogP contribution in [0.4, 0.5) is 8.68 Å². The lowest BCUT2D eigenvalue weighted by molar-refractivity contribution is 0.159. The summed E-state index contributed by atoms with van der Waals surface area (Å²) in [7, 11) is -5.02. The van der Waals surface area contributed by atoms with Gasteiger partial charge >= 0.3 is 16.5 Å². The van der Waals surface area contributed by atoms with E-state index in [9.17, 15) is 17.1 Å². The van der Waals surface area contributed by atoms with Gasteiger partial charge in [0, 0.05) is 0 Å². The molecule has 5 nitrogen and oxygen atoms in total. The molecule has 0 aliphatic heterocycles. The van der Waals surface area contributed by atoms with Gasteiger partial charge in [-0.3, -0.25) is 0 Å². The summed E-state index contributed by atoms with van der Waals surface area (Å²) < 4.78 is 36.0. The van der Waals surface area contributed by atoms with E-state index in [4.69, 9.17) is 11.6 Å². The highest BCUT2D eigenvalue weighted by Crippen LogP contribution is 1.86. The van der Waals surface area contributed by atoms with Crippen molar-refractivity contribution in [2.24, 2.45) is 0 Å². The van der Waals surface area contributed by atoms with Gasteiger partial charge < -0.3 is 4.74 Å². The number of hydrogen-bond donors (Lipinski definition) is 1. The van der Waals surface area contributed by atoms with Crippen LogP contribution >= 0.6 is 11.6 Å². The number of hydrogen-bond acceptors (Lipinski definition) is 4. The number of carbonyl (C=O) groups is 1. The molecule has 1 amide bonds. The van der Waals surface area contributed by atoms with Crippen LogP contribution in [0.25, 0.3) is 0 Å². The first-order chi connectivity index (χ1) is 4.95. The number of halogens is 2. The van der Waals surface area contributed by atoms with Gasteiger partial charge in [0.15, 0.2) is 0 Å². The summed E-state index contributed by atoms with van der Waals surface area (Å²) >= 11 is 5.07. The van der Waals surface area contributed by atoms with Gasteiger partial charge in [0.25, 0.3) is 0 Å². The molecule has 0 spiro atoms. The highest BCUT2D eigenvalue weighted by atomic mass is 35.5. The molecule has 0 aromatic heterocycles. The molecule has 0 fully saturated rings. The zero-order valence-electron chi connectivity index (χ0n) is 5.21. The molecule has 0 saturated heterocycles. The third-order valence-corrected chi connectivity index (χ3v) is 1.08. The predicted molar refractivity (Wildman–Crippen MR) is 35.2 cm³/mol. The maximum Gasteiger partial charge on any atom is 0.422 e. The highest BCUT2D eigenvalue weighted by molar-refractivity contribution is 7.84. The molecular formula is C3H5ClFNO4S. The van der Waals surface area contributed by atoms with Crippen molar-refractivity contribution in [3.05, 3.63) is 0 Å². The van der Waals surface area contributed by atoms with E-state index in [1.165, 1.54) is 0 Å². The van der Waals surface area contributed by atoms with Crippen LogP contribution in [0.5, 0.6) is 0 Å². The van der Waals surface area contributed by atoms with Crippen LogP contribution < -0.4 is 4.72 Å². The number of nitrogens with one attached hydrogen (secondary N) is 1. The highest BCUT2D eigenvalue weighted by Gasteiger charge is 2.12. The summed E-state index contributed by atoms with van der Waals surface area (Å²) in [5.41, 5.74) is 0. The molecule has 0 unspecified atom stereocenters. The van der Waals surface area contributed by atoms with E-state index >= 15 is 0 Å². The summed E-state index contributed by atoms with van der Waals surface area (Å²) in [5.74, 6) is 0.0136. The normalized spacial score (nSPS) is 10.7. The maximum atomic E-state index is 11.6. The van der Waals surface area contributed by atoms with Crippen molar-refractivity contribution < 1.29 is 21.8 Å². The van der Waals surface area contributed by atoms with Crippen molar-refractivity contribution in [3.63, 3.8) is 0 Å². The molecule has 0 aliphatic rings. The van der Waals surface area contributed by atoms with E-state index in [-0.39, 0.29) is 12.5 Å². The second-order valence-electron chi connectivity index (χ2n) is 1.36. The number of alkyl halides is 1. The van der Waals surface area contributed by atoms with Crippen molar-refractivity contribution in [2.45, 2.75) is 0 Å². The molecule has 0 saturated carbocycles. The molecule has 8 heteroatoms. The smallest absolute Gasteiger partial charge is 0.422 e. The SMILES string of the molecule is O=C(NS(=O)(=O)F)OCCCl. The van der Waals surface area contributed by atoms with Crippen molar-refractivity contribution in [1.82, 2.24) is 4.72 Å². The molecule has 0 heterocycles. The Morgan fingerprint density at radius 3 is 2.55 bits per heavy atom. The van der Waals surface area contributed by atoms with Crippen LogP contribution in [0.1, 0.15) is 0 Å². The second kappa shape index (κ2) is 4.35. The Labute approximate surface area is 67.8 Å². The zero-order valence-corrected chi connectivity index (χ0v) is 6.78. The molecule has 0 atom stereocenters. The van der Waals surface area contributed by atoms with Crippen LogP contribution in [0.3, 0.4) is 0 Å². The van der Waals surface area contributed by atoms with Gasteiger partial charge in [-0.15, -0.1) is 11.6 Å². The Bertz CT molecular complexity index is 227. The summed E-state index contributed by atoms with van der Waals surface area (Å²) in [5, 5.41) is 0. The molecule has 1 N–H and O–H groups in total. The Morgan fingerprint density at radius 2 is 2.18 bits per heavy atom. The minimum atomic E-state index is -5.02. The predicted octanol–water partition coefficient (Wildman–Crippen LogP) is 0.166. The van der Waals surface area contributed by atoms with Crippen molar-refractivity contribution in [1.29, 1.82) is 0 Å². The van der Waals surface area contributed by atoms with Crippen LogP contribution in [0.15, 0.2) is 0 Å². The zero-order chi connectivity index (χ0) is 8.91. The van der Waals surface area contributed by atoms with Crippen LogP contribution in [0.2, 0.25) is 0 Å². The Hall–Kier alpha value is -0.560. The minimum absolute atomic E-state index is 0.0136. The first kappa shape index (κ1) is 10.4. The molecule has 0 rings (SSSR count). The van der Waals surface area contributed by atoms with E-state index in [0.717, 1.165) is 4.72 Å². The summed E-state index contributed by atoms with van der Waals surface area (Å²) in [6.07, 6.45) is -1.38. The Balaban J connectivity index is 3.71. The number of ether oxygens (including phenoxy) is 1. The van der Waals surface area contributed by atoms with Crippen LogP contribution in [-0.4, -0.2) is 27.0 Å². The van der Waals surface area contributed by atoms with Gasteiger partial charge in [-0.2, -0.15) is 13.1 Å². The standard InChI is InChI=1S/C3H5ClFNO4S/c4-1-2-10-3(7)6-11(5,8)9/h1-2H2,(H,6,7). The molecule has 0 aromatic carbocycles. The van der Waals surface area contributed by atoms with Gasteiger partial charge in [-0.05, 0) is 0 Å². The third-order valence-electron chi connectivity index (χ3n) is 0.516. The lowest BCUT2D eigenvalue weighted by Crippen LogP contribution is -2.28. The van der Waals surface area contributed by atoms with E-state index in [0.29, 0.717) is 0 Å². The molecular weight excluding hydrogens is 201 g/mol. The second-order valence-corrected chi connectivity index (χ2v) is 2.82. The maximum absolute atomic E-state index is 11.6. The van der Waals surface area contributed by atoms with Gasteiger partial charge in [0.05, 0.1) is 5.88 Å². The van der Waals surface area contributed by atoms with Crippen molar-refractivity contribution in [2.75, 3.05) is 12.5 Å². The van der Waals surface area contributed by atoms with Gasteiger partial charge in [0.2, 0.25) is 0 Å². The Morgan fingerprint density at radius 1 is 1.64 bits per heavy atom. The molecule has 0 radical (unpaired) electrons. The molecule has 66 valence electrons. The van der Waals surface area contributed by atoms with E-state index in [1.54, 1.807) is 0 Å². The molecule has 11 heavy (non-hydrogen) atoms. The van der Waals surface area contributed by atoms with Gasteiger partial charge in [-0.1, -0.05) is 3.89 Å². The van der Waals surface area contributed by atoms with Gasteiger partial charge in [-0.25, -0.2) is 4.79 Å². The summed E-state index contributed by atoms with van der Waals surface area (Å²) in [6.45, 7) is -0.178. The lowest BCUT2D eigenvalue weighted by atomic mass is 10.9. The topological polar surface area (TPSA) is 72.5 Å². The average Bonchev–Trinajstić information content (AvgIpc) is 1.79. The fraction of sp³-hybridized carbons (Fsp3) is 0.667. The van der Waals surface area contributed by atoms with E-state index in [2.05, 4.69) is 4.74 Å². The summed E-state index contributed by atoms with van der Waals surface area (Å²) in [4.78, 5) is 10.2. The number of amides is 1. The molecule has 0 bridgehead atoms. The van der Waals surface area contributed by atoms with Crippen molar-refractivity contribution in [3.8, 4) is 0 Å². The number of carbonyl (C=O) groups excluding carboxylic acids is 1. The summed E-state index contributed by atoms with van der Waals surface area (Å²) in [6, 6.07) is 0. The molecule has 0 aliphatic carbocycles. The van der Waals surface area contributed by atoms with Gasteiger partial charge in [0.1, 0.15) is 6.61 Å². The first-order valence-electron chi connectivity index (χ1n) is 2.41. The number of rotatable bonds is 3. The largest absolute Gasteiger partial charge is 0.448 e. The monoisotopic (exact) mass is 205 g/mol. The average molecular weight is 206 g/mol. The van der Waals surface area contributed by atoms with Crippen LogP contribution in [0, 0.1) is 0 Å². The molecule has 0 aromatic rings. The fourth-order valence-electron chi connectivity index (χ4n) is 0.260. The lowest BCUT2D eigenvalue weighted by Gasteiger charge is -1.99. The van der Waals surface area contributed by atoms with E-state index < -0.39 is 16.5 Å². The minimum Gasteiger partial charge on any atom is -0.448 e.